The van der Waals surface area contributed by atoms with Gasteiger partial charge in [-0.15, -0.1) is 0 Å². The van der Waals surface area contributed by atoms with Crippen molar-refractivity contribution in [1.82, 2.24) is 0 Å². The van der Waals surface area contributed by atoms with Gasteiger partial charge in [0.05, 0.1) is 13.2 Å². The predicted molar refractivity (Wildman–Crippen MR) is 132 cm³/mol. The van der Waals surface area contributed by atoms with Gasteiger partial charge in [0.15, 0.2) is 0 Å². The lowest BCUT2D eigenvalue weighted by atomic mass is 9.93. The molecule has 0 unspecified atom stereocenters. The van der Waals surface area contributed by atoms with Gasteiger partial charge in [0.2, 0.25) is 0 Å². The predicted octanol–water partition coefficient (Wildman–Crippen LogP) is 7.13. The molecule has 1 N–H and O–H groups in total. The zero-order valence-corrected chi connectivity index (χ0v) is 22.7. The second kappa shape index (κ2) is 20.7. The van der Waals surface area contributed by atoms with E-state index in [1.165, 1.54) is 0 Å². The van der Waals surface area contributed by atoms with Crippen molar-refractivity contribution >= 4 is 0 Å². The lowest BCUT2D eigenvalue weighted by molar-refractivity contribution is 0.0390. The topological polar surface area (TPSA) is 47.9 Å². The number of hydrogen-bond donors (Lipinski definition) is 1. The van der Waals surface area contributed by atoms with Crippen LogP contribution in [0.3, 0.4) is 0 Å². The SMILES string of the molecule is CC(C)(C)CCO.CCCOCCC(C)(C)C.CCCOCCOCCC(C)(C)C. The molecule has 0 saturated carbocycles. The van der Waals surface area contributed by atoms with E-state index in [0.717, 1.165) is 71.7 Å². The summed E-state index contributed by atoms with van der Waals surface area (Å²) in [6.07, 6.45) is 5.38. The zero-order chi connectivity index (χ0) is 24.1. The maximum absolute atomic E-state index is 8.40. The van der Waals surface area contributed by atoms with E-state index in [0.29, 0.717) is 22.9 Å². The van der Waals surface area contributed by atoms with Crippen LogP contribution >= 0.6 is 0 Å². The van der Waals surface area contributed by atoms with Gasteiger partial charge in [-0.1, -0.05) is 76.2 Å². The maximum Gasteiger partial charge on any atom is 0.0700 e. The quantitative estimate of drug-likeness (QED) is 0.332. The van der Waals surface area contributed by atoms with Gasteiger partial charge < -0.3 is 19.3 Å². The molecule has 0 fully saturated rings. The lowest BCUT2D eigenvalue weighted by Crippen LogP contribution is -2.12. The third-order valence-electron chi connectivity index (χ3n) is 3.92. The van der Waals surface area contributed by atoms with Crippen molar-refractivity contribution in [3.05, 3.63) is 0 Å². The number of aliphatic hydroxyl groups excluding tert-OH is 1. The Morgan fingerprint density at radius 1 is 0.467 bits per heavy atom. The van der Waals surface area contributed by atoms with E-state index in [9.17, 15) is 0 Å². The van der Waals surface area contributed by atoms with Crippen LogP contribution < -0.4 is 0 Å². The van der Waals surface area contributed by atoms with Crippen molar-refractivity contribution < 1.29 is 19.3 Å². The molecule has 0 bridgehead atoms. The van der Waals surface area contributed by atoms with E-state index in [-0.39, 0.29) is 0 Å². The molecule has 4 heteroatoms. The summed E-state index contributed by atoms with van der Waals surface area (Å²) in [5, 5.41) is 8.40. The molecule has 0 radical (unpaired) electrons. The molecule has 0 amide bonds. The highest BCUT2D eigenvalue weighted by Gasteiger charge is 2.09. The normalized spacial score (nSPS) is 12.0. The smallest absolute Gasteiger partial charge is 0.0700 e. The third-order valence-corrected chi connectivity index (χ3v) is 3.92. The van der Waals surface area contributed by atoms with E-state index >= 15 is 0 Å². The summed E-state index contributed by atoms with van der Waals surface area (Å²) in [6.45, 7) is 29.3. The summed E-state index contributed by atoms with van der Waals surface area (Å²) in [5.41, 5.74) is 1.10. The van der Waals surface area contributed by atoms with Gasteiger partial charge in [-0.2, -0.15) is 0 Å². The minimum Gasteiger partial charge on any atom is -0.396 e. The van der Waals surface area contributed by atoms with Crippen LogP contribution in [0.2, 0.25) is 0 Å². The van der Waals surface area contributed by atoms with Crippen LogP contribution in [0.5, 0.6) is 0 Å². The fraction of sp³-hybridized carbons (Fsp3) is 1.00. The Balaban J connectivity index is -0.000000383. The van der Waals surface area contributed by atoms with Crippen LogP contribution in [0.4, 0.5) is 0 Å². The molecule has 0 aliphatic rings. The second-order valence-corrected chi connectivity index (χ2v) is 11.5. The molecule has 0 aromatic rings. The van der Waals surface area contributed by atoms with Crippen LogP contribution in [0.25, 0.3) is 0 Å². The summed E-state index contributed by atoms with van der Waals surface area (Å²) >= 11 is 0. The summed E-state index contributed by atoms with van der Waals surface area (Å²) in [5.74, 6) is 0. The Morgan fingerprint density at radius 3 is 1.00 bits per heavy atom. The Hall–Kier alpha value is -0.160. The standard InChI is InChI=1S/C11H24O2.C9H20O.C6H14O/c1-5-7-12-9-10-13-8-6-11(2,3)4;1-5-7-10-8-6-9(2,3)4;1-6(2,3)4-5-7/h5-10H2,1-4H3;5-8H2,1-4H3;7H,4-5H2,1-3H3. The molecular weight excluding hydrogens is 376 g/mol. The van der Waals surface area contributed by atoms with Crippen LogP contribution in [0.1, 0.15) is 108 Å². The minimum atomic E-state index is 0.300. The van der Waals surface area contributed by atoms with Crippen LogP contribution in [0.15, 0.2) is 0 Å². The highest BCUT2D eigenvalue weighted by Crippen LogP contribution is 2.18. The number of hydrogen-bond acceptors (Lipinski definition) is 4. The van der Waals surface area contributed by atoms with Gasteiger partial charge in [-0.05, 0) is 48.3 Å². The molecule has 0 saturated heterocycles. The fourth-order valence-corrected chi connectivity index (χ4v) is 1.80. The van der Waals surface area contributed by atoms with Crippen LogP contribution in [-0.4, -0.2) is 51.4 Å². The van der Waals surface area contributed by atoms with Gasteiger partial charge in [-0.25, -0.2) is 0 Å². The number of aliphatic hydroxyl groups is 1. The number of ether oxygens (including phenoxy) is 3. The van der Waals surface area contributed by atoms with E-state index in [1.807, 2.05) is 0 Å². The number of rotatable bonds is 12. The van der Waals surface area contributed by atoms with Crippen molar-refractivity contribution in [2.75, 3.05) is 46.2 Å². The fourth-order valence-electron chi connectivity index (χ4n) is 1.80. The summed E-state index contributed by atoms with van der Waals surface area (Å²) in [7, 11) is 0. The molecule has 0 aromatic carbocycles. The van der Waals surface area contributed by atoms with Crippen molar-refractivity contribution in [2.24, 2.45) is 16.2 Å². The first-order valence-electron chi connectivity index (χ1n) is 12.0. The first kappa shape index (κ1) is 34.5. The maximum atomic E-state index is 8.40. The monoisotopic (exact) mass is 434 g/mol. The highest BCUT2D eigenvalue weighted by atomic mass is 16.5. The van der Waals surface area contributed by atoms with Gasteiger partial charge in [-0.3, -0.25) is 0 Å². The first-order chi connectivity index (χ1) is 13.7. The Labute approximate surface area is 190 Å². The van der Waals surface area contributed by atoms with E-state index in [1.54, 1.807) is 0 Å². The van der Waals surface area contributed by atoms with Crippen molar-refractivity contribution in [3.8, 4) is 0 Å². The Bertz CT molecular complexity index is 321. The zero-order valence-electron chi connectivity index (χ0n) is 22.7. The van der Waals surface area contributed by atoms with E-state index in [2.05, 4.69) is 76.2 Å². The Kier molecular flexibility index (Phi) is 23.8. The lowest BCUT2D eigenvalue weighted by Gasteiger charge is -2.17. The third kappa shape index (κ3) is 46.2. The molecule has 0 spiro atoms. The van der Waals surface area contributed by atoms with Gasteiger partial charge in [0, 0.05) is 33.0 Å². The van der Waals surface area contributed by atoms with E-state index in [4.69, 9.17) is 19.3 Å². The summed E-state index contributed by atoms with van der Waals surface area (Å²) < 4.78 is 16.1. The average Bonchev–Trinajstić information content (AvgIpc) is 2.56. The van der Waals surface area contributed by atoms with Crippen LogP contribution in [-0.2, 0) is 14.2 Å². The molecule has 30 heavy (non-hydrogen) atoms. The van der Waals surface area contributed by atoms with Crippen LogP contribution in [0, 0.1) is 16.2 Å². The minimum absolute atomic E-state index is 0.300. The summed E-state index contributed by atoms with van der Waals surface area (Å²) in [4.78, 5) is 0. The first-order valence-corrected chi connectivity index (χ1v) is 12.0. The highest BCUT2D eigenvalue weighted by molar-refractivity contribution is 4.60. The molecule has 0 rings (SSSR count). The molecule has 0 atom stereocenters. The van der Waals surface area contributed by atoms with Crippen molar-refractivity contribution in [3.63, 3.8) is 0 Å². The van der Waals surface area contributed by atoms with Crippen molar-refractivity contribution in [2.45, 2.75) is 108 Å². The molecule has 0 heterocycles. The molecular formula is C26H58O4. The van der Waals surface area contributed by atoms with Gasteiger partial charge in [0.1, 0.15) is 0 Å². The van der Waals surface area contributed by atoms with E-state index < -0.39 is 0 Å². The molecule has 0 aliphatic carbocycles. The Morgan fingerprint density at radius 2 is 0.767 bits per heavy atom. The average molecular weight is 435 g/mol. The molecule has 4 nitrogen and oxygen atoms in total. The molecule has 186 valence electrons. The molecule has 0 aliphatic heterocycles. The van der Waals surface area contributed by atoms with Crippen molar-refractivity contribution in [1.29, 1.82) is 0 Å². The molecule has 0 aromatic heterocycles. The van der Waals surface area contributed by atoms with Gasteiger partial charge >= 0.3 is 0 Å². The summed E-state index contributed by atoms with van der Waals surface area (Å²) in [6, 6.07) is 0. The van der Waals surface area contributed by atoms with Gasteiger partial charge in [0.25, 0.3) is 0 Å². The second-order valence-electron chi connectivity index (χ2n) is 11.5. The largest absolute Gasteiger partial charge is 0.396 e.